The summed E-state index contributed by atoms with van der Waals surface area (Å²) in [4.78, 5) is 26.1. The number of benzene rings is 3. The SMILES string of the molecule is C[Si](C[C@@H]1O[P@@](OC2[C@@H](CO)O[C@@H](n3cnc4c(OCCC#N)nc(NC(=O)COc5ccccc5)nc43)[C@H]2F)N2CCC[C@H]12)(c1ccccc1)c1ccccc1. The fraction of sp³-hybridized carbons (Fsp3) is 0.375. The Bertz CT molecular complexity index is 2150. The Morgan fingerprint density at radius 2 is 1.74 bits per heavy atom. The summed E-state index contributed by atoms with van der Waals surface area (Å²) < 4.78 is 51.3. The lowest BCUT2D eigenvalue weighted by molar-refractivity contribution is -0.118. The van der Waals surface area contributed by atoms with E-state index in [2.05, 4.69) is 80.0 Å². The predicted octanol–water partition coefficient (Wildman–Crippen LogP) is 4.73. The smallest absolute Gasteiger partial charge is 0.264 e. The zero-order valence-corrected chi connectivity index (χ0v) is 33.2. The molecule has 1 amide bonds. The van der Waals surface area contributed by atoms with Gasteiger partial charge in [-0.2, -0.15) is 15.2 Å². The van der Waals surface area contributed by atoms with Crippen LogP contribution in [0, 0.1) is 11.3 Å². The summed E-state index contributed by atoms with van der Waals surface area (Å²) in [6, 6.07) is 33.0. The number of ether oxygens (including phenoxy) is 3. The van der Waals surface area contributed by atoms with Gasteiger partial charge in [0.25, 0.3) is 14.4 Å². The lowest BCUT2D eigenvalue weighted by Crippen LogP contribution is -2.58. The molecule has 14 nitrogen and oxygen atoms in total. The van der Waals surface area contributed by atoms with E-state index in [1.807, 2.05) is 24.3 Å². The second kappa shape index (κ2) is 17.3. The van der Waals surface area contributed by atoms with Crippen molar-refractivity contribution < 1.29 is 37.5 Å². The van der Waals surface area contributed by atoms with E-state index in [1.54, 1.807) is 24.3 Å². The number of alkyl halides is 1. The van der Waals surface area contributed by atoms with Crippen molar-refractivity contribution in [1.82, 2.24) is 24.2 Å². The highest BCUT2D eigenvalue weighted by Gasteiger charge is 2.54. The maximum atomic E-state index is 16.8. The number of aromatic nitrogens is 4. The van der Waals surface area contributed by atoms with Crippen molar-refractivity contribution in [3.63, 3.8) is 0 Å². The molecule has 17 heteroatoms. The van der Waals surface area contributed by atoms with E-state index in [0.29, 0.717) is 5.75 Å². The first-order chi connectivity index (χ1) is 27.9. The summed E-state index contributed by atoms with van der Waals surface area (Å²) in [7, 11) is -3.95. The van der Waals surface area contributed by atoms with Gasteiger partial charge in [0.1, 0.15) is 32.6 Å². The Labute approximate surface area is 331 Å². The quantitative estimate of drug-likeness (QED) is 0.0850. The first-order valence-corrected chi connectivity index (χ1v) is 22.8. The minimum absolute atomic E-state index is 0.00544. The lowest BCUT2D eigenvalue weighted by Gasteiger charge is -2.32. The predicted molar refractivity (Wildman–Crippen MR) is 212 cm³/mol. The van der Waals surface area contributed by atoms with Crippen LogP contribution in [0.2, 0.25) is 12.6 Å². The first kappa shape index (κ1) is 39.0. The monoisotopic (exact) mass is 811 g/mol. The maximum Gasteiger partial charge on any atom is 0.264 e. The zero-order chi connectivity index (χ0) is 39.4. The van der Waals surface area contributed by atoms with Crippen LogP contribution in [-0.4, -0.2) is 100 Å². The van der Waals surface area contributed by atoms with Gasteiger partial charge >= 0.3 is 0 Å². The molecule has 1 unspecified atom stereocenters. The second-order valence-electron chi connectivity index (χ2n) is 14.4. The summed E-state index contributed by atoms with van der Waals surface area (Å²) in [6.45, 7) is 2.31. The molecule has 2 aromatic heterocycles. The standard InChI is InChI=1S/C40H43FN7O7PSi/c1-57(28-15-7-3-8-16-28,29-17-9-4-10-18-29)25-32-30-19-11-21-48(30)56(54-32)55-36-31(23-49)53-39(34(36)41)47-26-43-35-37(47)45-40(46-38(35)51-22-12-20-42)44-33(50)24-52-27-13-5-2-6-14-27/h2-10,13-18,26,30-32,34,36,39,49H,11-12,19,21-25H2,1H3,(H,44,45,46,50)/t30-,31-,32+,34+,36?,39-,56+/m1/s1. The number of aliphatic hydroxyl groups excluding tert-OH is 1. The van der Waals surface area contributed by atoms with Crippen LogP contribution in [0.4, 0.5) is 10.3 Å². The maximum absolute atomic E-state index is 16.8. The van der Waals surface area contributed by atoms with Crippen molar-refractivity contribution in [3.8, 4) is 17.7 Å². The minimum Gasteiger partial charge on any atom is -0.484 e. The third kappa shape index (κ3) is 8.15. The van der Waals surface area contributed by atoms with Gasteiger partial charge in [0.2, 0.25) is 11.8 Å². The number of hydrogen-bond acceptors (Lipinski definition) is 12. The number of nitriles is 1. The van der Waals surface area contributed by atoms with Crippen LogP contribution >= 0.6 is 8.53 Å². The molecule has 0 bridgehead atoms. The number of imidazole rings is 1. The molecule has 296 valence electrons. The van der Waals surface area contributed by atoms with Crippen molar-refractivity contribution in [2.24, 2.45) is 0 Å². The van der Waals surface area contributed by atoms with Crippen LogP contribution in [-0.2, 0) is 18.6 Å². The van der Waals surface area contributed by atoms with Gasteiger partial charge in [0, 0.05) is 12.6 Å². The van der Waals surface area contributed by atoms with Crippen LogP contribution in [0.25, 0.3) is 11.2 Å². The number of para-hydroxylation sites is 1. The molecule has 7 atom stereocenters. The van der Waals surface area contributed by atoms with E-state index in [9.17, 15) is 9.90 Å². The average molecular weight is 812 g/mol. The summed E-state index contributed by atoms with van der Waals surface area (Å²) >= 11 is 0. The molecule has 8 rings (SSSR count). The number of hydrogen-bond donors (Lipinski definition) is 2. The molecule has 3 aliphatic heterocycles. The minimum atomic E-state index is -2.28. The van der Waals surface area contributed by atoms with Crippen LogP contribution in [0.15, 0.2) is 97.3 Å². The Kier molecular flexibility index (Phi) is 11.9. The molecule has 3 aliphatic rings. The first-order valence-electron chi connectivity index (χ1n) is 19.0. The number of halogens is 1. The second-order valence-corrected chi connectivity index (χ2v) is 20.0. The van der Waals surface area contributed by atoms with Crippen LogP contribution in [0.3, 0.4) is 0 Å². The van der Waals surface area contributed by atoms with Crippen LogP contribution in [0.1, 0.15) is 25.5 Å². The molecule has 2 N–H and O–H groups in total. The number of nitrogens with zero attached hydrogens (tertiary/aromatic N) is 6. The van der Waals surface area contributed by atoms with Crippen LogP contribution in [0.5, 0.6) is 11.6 Å². The van der Waals surface area contributed by atoms with Gasteiger partial charge in [-0.1, -0.05) is 95.8 Å². The number of carbonyl (C=O) groups is 1. The molecule has 0 aliphatic carbocycles. The van der Waals surface area contributed by atoms with Gasteiger partial charge in [-0.05, 0) is 31.0 Å². The van der Waals surface area contributed by atoms with E-state index < -0.39 is 53.7 Å². The van der Waals surface area contributed by atoms with E-state index in [0.717, 1.165) is 25.4 Å². The Morgan fingerprint density at radius 1 is 1.04 bits per heavy atom. The summed E-state index contributed by atoms with van der Waals surface area (Å²) in [5.74, 6) is -0.198. The third-order valence-electron chi connectivity index (χ3n) is 10.7. The number of anilines is 1. The fourth-order valence-corrected chi connectivity index (χ4v) is 13.8. The number of amides is 1. The summed E-state index contributed by atoms with van der Waals surface area (Å²) in [5, 5.41) is 24.8. The summed E-state index contributed by atoms with van der Waals surface area (Å²) in [5.41, 5.74) is 0.275. The molecule has 0 radical (unpaired) electrons. The molecule has 3 saturated heterocycles. The number of carbonyl (C=O) groups excluding carboxylic acids is 1. The Hall–Kier alpha value is -4.85. The fourth-order valence-electron chi connectivity index (χ4n) is 7.83. The van der Waals surface area contributed by atoms with E-state index in [4.69, 9.17) is 28.5 Å². The average Bonchev–Trinajstić information content (AvgIpc) is 4.03. The van der Waals surface area contributed by atoms with Gasteiger partial charge < -0.3 is 28.4 Å². The van der Waals surface area contributed by atoms with Crippen LogP contribution < -0.4 is 25.2 Å². The van der Waals surface area contributed by atoms with Crippen molar-refractivity contribution in [2.75, 3.05) is 31.7 Å². The van der Waals surface area contributed by atoms with E-state index in [-0.39, 0.29) is 54.8 Å². The number of rotatable bonds is 15. The van der Waals surface area contributed by atoms with Crippen molar-refractivity contribution in [3.05, 3.63) is 97.3 Å². The molecule has 0 spiro atoms. The molecule has 57 heavy (non-hydrogen) atoms. The largest absolute Gasteiger partial charge is 0.484 e. The Balaban J connectivity index is 1.02. The molecule has 5 heterocycles. The summed E-state index contributed by atoms with van der Waals surface area (Å²) in [6.07, 6.45) is -2.06. The highest BCUT2D eigenvalue weighted by molar-refractivity contribution is 7.45. The van der Waals surface area contributed by atoms with Gasteiger partial charge in [0.15, 0.2) is 30.2 Å². The van der Waals surface area contributed by atoms with Gasteiger partial charge in [0.05, 0.1) is 31.5 Å². The molecule has 5 aromatic rings. The molecular formula is C40H43FN7O7PSi. The third-order valence-corrected chi connectivity index (χ3v) is 16.9. The molecule has 3 fully saturated rings. The van der Waals surface area contributed by atoms with Gasteiger partial charge in [-0.15, -0.1) is 0 Å². The van der Waals surface area contributed by atoms with Gasteiger partial charge in [-0.3, -0.25) is 14.7 Å². The van der Waals surface area contributed by atoms with Gasteiger partial charge in [-0.25, -0.2) is 14.0 Å². The number of aliphatic hydroxyl groups is 1. The highest BCUT2D eigenvalue weighted by Crippen LogP contribution is 2.59. The zero-order valence-electron chi connectivity index (χ0n) is 31.3. The van der Waals surface area contributed by atoms with Crippen molar-refractivity contribution in [1.29, 1.82) is 5.26 Å². The molecular weight excluding hydrogens is 769 g/mol. The number of nitrogens with one attached hydrogen (secondary N) is 1. The Morgan fingerprint density at radius 3 is 2.42 bits per heavy atom. The molecule has 0 saturated carbocycles. The van der Waals surface area contributed by atoms with E-state index in [1.165, 1.54) is 21.3 Å². The number of fused-ring (bicyclic) bond motifs is 2. The normalized spacial score (nSPS) is 24.6. The van der Waals surface area contributed by atoms with Crippen molar-refractivity contribution >= 4 is 50.0 Å². The molecule has 3 aromatic carbocycles. The highest BCUT2D eigenvalue weighted by atomic mass is 31.2. The topological polar surface area (TPSA) is 166 Å². The van der Waals surface area contributed by atoms with E-state index >= 15 is 4.39 Å². The van der Waals surface area contributed by atoms with Crippen molar-refractivity contribution in [2.45, 2.75) is 68.6 Å². The lowest BCUT2D eigenvalue weighted by atomic mass is 10.1.